The van der Waals surface area contributed by atoms with Crippen molar-refractivity contribution in [1.82, 2.24) is 0 Å². The second kappa shape index (κ2) is 5.13. The van der Waals surface area contributed by atoms with Crippen LogP contribution in [0.1, 0.15) is 5.56 Å². The molecule has 6 heteroatoms. The largest absolute Gasteiger partial charge is 0.399 e. The van der Waals surface area contributed by atoms with Crippen LogP contribution in [0.15, 0.2) is 47.4 Å². The Morgan fingerprint density at radius 1 is 1.15 bits per heavy atom. The number of nitrogens with two attached hydrogens (primary N) is 1. The number of sulfonamides is 1. The SMILES string of the molecule is Cc1cc(S(=O)(=O)N(C)c2ccccc2F)ccc1N. The zero-order chi connectivity index (χ0) is 14.9. The number of benzene rings is 2. The van der Waals surface area contributed by atoms with Crippen LogP contribution in [-0.2, 0) is 10.0 Å². The lowest BCUT2D eigenvalue weighted by molar-refractivity contribution is 0.589. The van der Waals surface area contributed by atoms with E-state index in [1.54, 1.807) is 13.0 Å². The van der Waals surface area contributed by atoms with Crippen molar-refractivity contribution in [2.45, 2.75) is 11.8 Å². The van der Waals surface area contributed by atoms with Crippen molar-refractivity contribution < 1.29 is 12.8 Å². The van der Waals surface area contributed by atoms with Crippen LogP contribution >= 0.6 is 0 Å². The van der Waals surface area contributed by atoms with Crippen LogP contribution in [-0.4, -0.2) is 15.5 Å². The lowest BCUT2D eigenvalue weighted by Crippen LogP contribution is -2.27. The fraction of sp³-hybridized carbons (Fsp3) is 0.143. The Balaban J connectivity index is 2.50. The Hall–Kier alpha value is -2.08. The minimum absolute atomic E-state index is 0.00183. The fourth-order valence-electron chi connectivity index (χ4n) is 1.80. The van der Waals surface area contributed by atoms with E-state index in [4.69, 9.17) is 5.73 Å². The van der Waals surface area contributed by atoms with Gasteiger partial charge in [-0.25, -0.2) is 12.8 Å². The van der Waals surface area contributed by atoms with Gasteiger partial charge in [-0.2, -0.15) is 0 Å². The summed E-state index contributed by atoms with van der Waals surface area (Å²) in [6.07, 6.45) is 0. The van der Waals surface area contributed by atoms with Gasteiger partial charge in [0, 0.05) is 12.7 Å². The molecule has 0 bridgehead atoms. The van der Waals surface area contributed by atoms with Crippen LogP contribution in [0.3, 0.4) is 0 Å². The third-order valence-electron chi connectivity index (χ3n) is 3.09. The number of anilines is 2. The van der Waals surface area contributed by atoms with Crippen LogP contribution in [0.2, 0.25) is 0 Å². The van der Waals surface area contributed by atoms with E-state index < -0.39 is 15.8 Å². The van der Waals surface area contributed by atoms with E-state index in [1.807, 2.05) is 0 Å². The van der Waals surface area contributed by atoms with Gasteiger partial charge >= 0.3 is 0 Å². The molecule has 0 aliphatic heterocycles. The lowest BCUT2D eigenvalue weighted by atomic mass is 10.2. The van der Waals surface area contributed by atoms with E-state index in [1.165, 1.54) is 43.4 Å². The predicted octanol–water partition coefficient (Wildman–Crippen LogP) is 2.54. The molecule has 0 saturated heterocycles. The maximum absolute atomic E-state index is 13.7. The molecule has 2 rings (SSSR count). The van der Waals surface area contributed by atoms with Gasteiger partial charge in [0.05, 0.1) is 10.6 Å². The summed E-state index contributed by atoms with van der Waals surface area (Å²) in [7, 11) is -2.50. The molecule has 0 fully saturated rings. The number of hydrogen-bond donors (Lipinski definition) is 1. The van der Waals surface area contributed by atoms with Gasteiger partial charge in [0.25, 0.3) is 10.0 Å². The smallest absolute Gasteiger partial charge is 0.264 e. The minimum atomic E-state index is -3.82. The summed E-state index contributed by atoms with van der Waals surface area (Å²) < 4.78 is 39.6. The summed E-state index contributed by atoms with van der Waals surface area (Å²) >= 11 is 0. The summed E-state index contributed by atoms with van der Waals surface area (Å²) in [6.45, 7) is 1.72. The molecule has 0 amide bonds. The van der Waals surface area contributed by atoms with Crippen molar-refractivity contribution in [3.63, 3.8) is 0 Å². The van der Waals surface area contributed by atoms with E-state index in [9.17, 15) is 12.8 Å². The molecule has 0 aliphatic rings. The molecule has 2 aromatic rings. The van der Waals surface area contributed by atoms with Crippen molar-refractivity contribution in [3.8, 4) is 0 Å². The molecular weight excluding hydrogens is 279 g/mol. The first kappa shape index (κ1) is 14.3. The number of aryl methyl sites for hydroxylation is 1. The molecule has 20 heavy (non-hydrogen) atoms. The number of halogens is 1. The van der Waals surface area contributed by atoms with Crippen molar-refractivity contribution in [2.24, 2.45) is 0 Å². The molecule has 0 atom stereocenters. The molecule has 0 aromatic heterocycles. The van der Waals surface area contributed by atoms with Gasteiger partial charge in [-0.05, 0) is 42.8 Å². The van der Waals surface area contributed by atoms with Gasteiger partial charge in [0.1, 0.15) is 5.82 Å². The molecule has 0 saturated carbocycles. The Kier molecular flexibility index (Phi) is 3.67. The fourth-order valence-corrected chi connectivity index (χ4v) is 3.09. The Bertz CT molecular complexity index is 745. The normalized spacial score (nSPS) is 11.3. The highest BCUT2D eigenvalue weighted by atomic mass is 32.2. The first-order valence-corrected chi connectivity index (χ1v) is 7.37. The molecule has 2 N–H and O–H groups in total. The van der Waals surface area contributed by atoms with Gasteiger partial charge in [-0.1, -0.05) is 12.1 Å². The monoisotopic (exact) mass is 294 g/mol. The zero-order valence-electron chi connectivity index (χ0n) is 11.2. The Morgan fingerprint density at radius 2 is 1.80 bits per heavy atom. The van der Waals surface area contributed by atoms with Crippen LogP contribution in [0.4, 0.5) is 15.8 Å². The Labute approximate surface area is 117 Å². The number of nitrogen functional groups attached to an aromatic ring is 1. The molecule has 0 unspecified atom stereocenters. The maximum Gasteiger partial charge on any atom is 0.264 e. The number of nitrogens with zero attached hydrogens (tertiary/aromatic N) is 1. The van der Waals surface area contributed by atoms with Crippen LogP contribution < -0.4 is 10.0 Å². The van der Waals surface area contributed by atoms with Crippen molar-refractivity contribution >= 4 is 21.4 Å². The van der Waals surface area contributed by atoms with E-state index in [-0.39, 0.29) is 10.6 Å². The first-order valence-electron chi connectivity index (χ1n) is 5.93. The van der Waals surface area contributed by atoms with E-state index in [2.05, 4.69) is 0 Å². The van der Waals surface area contributed by atoms with Crippen LogP contribution in [0.25, 0.3) is 0 Å². The third kappa shape index (κ3) is 2.46. The maximum atomic E-state index is 13.7. The number of para-hydroxylation sites is 1. The van der Waals surface area contributed by atoms with Crippen LogP contribution in [0.5, 0.6) is 0 Å². The topological polar surface area (TPSA) is 63.4 Å². The quantitative estimate of drug-likeness (QED) is 0.885. The lowest BCUT2D eigenvalue weighted by Gasteiger charge is -2.20. The first-order chi connectivity index (χ1) is 9.34. The highest BCUT2D eigenvalue weighted by Crippen LogP contribution is 2.26. The van der Waals surface area contributed by atoms with Crippen molar-refractivity contribution in [3.05, 3.63) is 53.8 Å². The molecular formula is C14H15FN2O2S. The second-order valence-corrected chi connectivity index (χ2v) is 6.41. The minimum Gasteiger partial charge on any atom is -0.399 e. The molecule has 0 radical (unpaired) electrons. The summed E-state index contributed by atoms with van der Waals surface area (Å²) in [5, 5.41) is 0. The average Bonchev–Trinajstić information content (AvgIpc) is 2.41. The van der Waals surface area contributed by atoms with E-state index >= 15 is 0 Å². The molecule has 0 spiro atoms. The Morgan fingerprint density at radius 3 is 2.40 bits per heavy atom. The predicted molar refractivity (Wildman–Crippen MR) is 77.6 cm³/mol. The standard InChI is InChI=1S/C14H15FN2O2S/c1-10-9-11(7-8-13(10)16)20(18,19)17(2)14-6-4-3-5-12(14)15/h3-9H,16H2,1-2H3. The highest BCUT2D eigenvalue weighted by molar-refractivity contribution is 7.92. The molecule has 0 aliphatic carbocycles. The third-order valence-corrected chi connectivity index (χ3v) is 4.86. The van der Waals surface area contributed by atoms with Gasteiger partial charge in [0.2, 0.25) is 0 Å². The second-order valence-electron chi connectivity index (χ2n) is 4.44. The summed E-state index contributed by atoms with van der Waals surface area (Å²) in [6, 6.07) is 10.1. The van der Waals surface area contributed by atoms with Crippen LogP contribution in [0, 0.1) is 12.7 Å². The molecule has 0 heterocycles. The molecule has 106 valence electrons. The van der Waals surface area contributed by atoms with Gasteiger partial charge in [-0.15, -0.1) is 0 Å². The van der Waals surface area contributed by atoms with Gasteiger partial charge in [-0.3, -0.25) is 4.31 Å². The van der Waals surface area contributed by atoms with Gasteiger partial charge in [0.15, 0.2) is 0 Å². The summed E-state index contributed by atoms with van der Waals surface area (Å²) in [5.41, 5.74) is 6.85. The van der Waals surface area contributed by atoms with Crippen molar-refractivity contribution in [2.75, 3.05) is 17.1 Å². The summed E-state index contributed by atoms with van der Waals surface area (Å²) in [5.74, 6) is -0.592. The molecule has 2 aromatic carbocycles. The van der Waals surface area contributed by atoms with E-state index in [0.717, 1.165) is 4.31 Å². The number of hydrogen-bond acceptors (Lipinski definition) is 3. The number of rotatable bonds is 3. The van der Waals surface area contributed by atoms with E-state index in [0.29, 0.717) is 11.3 Å². The van der Waals surface area contributed by atoms with Crippen molar-refractivity contribution in [1.29, 1.82) is 0 Å². The summed E-state index contributed by atoms with van der Waals surface area (Å²) in [4.78, 5) is 0.0787. The highest BCUT2D eigenvalue weighted by Gasteiger charge is 2.23. The van der Waals surface area contributed by atoms with Gasteiger partial charge < -0.3 is 5.73 Å². The average molecular weight is 294 g/mol. The zero-order valence-corrected chi connectivity index (χ0v) is 12.0. The molecule has 4 nitrogen and oxygen atoms in total.